The lowest BCUT2D eigenvalue weighted by Gasteiger charge is -2.33. The molecule has 1 fully saturated rings. The third kappa shape index (κ3) is 5.51. The number of benzene rings is 1. The number of β-amino-alcohol motifs (C(OH)–C–C–N with tert-alkyl or cyclic N) is 1. The molecule has 4 rings (SSSR count). The molecular formula is C24H29FN4O3. The Kier molecular flexibility index (Phi) is 7.47. The summed E-state index contributed by atoms with van der Waals surface area (Å²) < 4.78 is 25.2. The molecule has 170 valence electrons. The fourth-order valence-corrected chi connectivity index (χ4v) is 4.13. The average Bonchev–Trinajstić information content (AvgIpc) is 2.83. The van der Waals surface area contributed by atoms with Crippen molar-refractivity contribution in [1.29, 1.82) is 0 Å². The highest BCUT2D eigenvalue weighted by Gasteiger charge is 2.23. The normalized spacial score (nSPS) is 16.2. The average molecular weight is 441 g/mol. The SMILES string of the molecule is COc1cc(F)c2nccc([C@@H](O)CN3CCC(NCCOc4ccccn4)CC3)c2c1. The molecule has 2 aromatic heterocycles. The maximum absolute atomic E-state index is 14.3. The monoisotopic (exact) mass is 440 g/mol. The zero-order chi connectivity index (χ0) is 22.3. The first-order valence-corrected chi connectivity index (χ1v) is 10.9. The summed E-state index contributed by atoms with van der Waals surface area (Å²) in [6.45, 7) is 3.60. The molecule has 0 amide bonds. The van der Waals surface area contributed by atoms with Crippen LogP contribution in [-0.4, -0.2) is 65.9 Å². The Bertz CT molecular complexity index is 1010. The van der Waals surface area contributed by atoms with E-state index in [2.05, 4.69) is 20.2 Å². The molecule has 0 spiro atoms. The van der Waals surface area contributed by atoms with E-state index in [1.807, 2.05) is 18.2 Å². The third-order valence-corrected chi connectivity index (χ3v) is 5.84. The molecule has 0 saturated carbocycles. The molecule has 1 atom stereocenters. The van der Waals surface area contributed by atoms with Crippen LogP contribution < -0.4 is 14.8 Å². The molecule has 8 heteroatoms. The molecule has 1 aliphatic heterocycles. The van der Waals surface area contributed by atoms with E-state index >= 15 is 0 Å². The van der Waals surface area contributed by atoms with E-state index in [0.717, 1.165) is 32.5 Å². The highest BCUT2D eigenvalue weighted by Crippen LogP contribution is 2.29. The van der Waals surface area contributed by atoms with Gasteiger partial charge in [-0.25, -0.2) is 9.37 Å². The number of aliphatic hydroxyl groups is 1. The van der Waals surface area contributed by atoms with Crippen molar-refractivity contribution in [2.75, 3.05) is 39.9 Å². The van der Waals surface area contributed by atoms with E-state index in [-0.39, 0.29) is 5.52 Å². The molecule has 0 unspecified atom stereocenters. The maximum atomic E-state index is 14.3. The van der Waals surface area contributed by atoms with Crippen LogP contribution in [-0.2, 0) is 0 Å². The van der Waals surface area contributed by atoms with Gasteiger partial charge in [0.1, 0.15) is 17.9 Å². The standard InChI is InChI=1S/C24H29FN4O3/c1-31-18-14-20-19(5-9-28-24(20)21(25)15-18)22(30)16-29-11-6-17(7-12-29)26-10-13-32-23-4-2-3-8-27-23/h2-5,8-9,14-15,17,22,26,30H,6-7,10-13,16H2,1H3/t22-/m0/s1. The van der Waals surface area contributed by atoms with E-state index in [1.54, 1.807) is 24.5 Å². The van der Waals surface area contributed by atoms with Gasteiger partial charge in [0.05, 0.1) is 13.2 Å². The van der Waals surface area contributed by atoms with Crippen LogP contribution >= 0.6 is 0 Å². The maximum Gasteiger partial charge on any atom is 0.213 e. The Labute approximate surface area is 187 Å². The van der Waals surface area contributed by atoms with Gasteiger partial charge in [-0.1, -0.05) is 6.07 Å². The summed E-state index contributed by atoms with van der Waals surface area (Å²) in [6.07, 6.45) is 4.52. The molecular weight excluding hydrogens is 411 g/mol. The van der Waals surface area contributed by atoms with E-state index in [9.17, 15) is 9.50 Å². The first-order chi connectivity index (χ1) is 15.6. The minimum Gasteiger partial charge on any atom is -0.497 e. The lowest BCUT2D eigenvalue weighted by atomic mass is 10.0. The molecule has 2 N–H and O–H groups in total. The van der Waals surface area contributed by atoms with Crippen LogP contribution in [0.1, 0.15) is 24.5 Å². The van der Waals surface area contributed by atoms with Crippen LogP contribution in [0.5, 0.6) is 11.6 Å². The van der Waals surface area contributed by atoms with Gasteiger partial charge in [-0.05, 0) is 49.7 Å². The van der Waals surface area contributed by atoms with Crippen molar-refractivity contribution in [2.45, 2.75) is 25.0 Å². The molecule has 0 aliphatic carbocycles. The Hall–Kier alpha value is -2.81. The molecule has 3 aromatic rings. The van der Waals surface area contributed by atoms with Crippen LogP contribution in [0.2, 0.25) is 0 Å². The predicted octanol–water partition coefficient (Wildman–Crippen LogP) is 2.94. The van der Waals surface area contributed by atoms with Gasteiger partial charge in [0.15, 0.2) is 5.82 Å². The lowest BCUT2D eigenvalue weighted by molar-refractivity contribution is 0.0945. The van der Waals surface area contributed by atoms with Crippen molar-refractivity contribution >= 4 is 10.9 Å². The van der Waals surface area contributed by atoms with E-state index < -0.39 is 11.9 Å². The number of halogens is 1. The van der Waals surface area contributed by atoms with Gasteiger partial charge in [-0.2, -0.15) is 0 Å². The van der Waals surface area contributed by atoms with Crippen molar-refractivity contribution in [3.8, 4) is 11.6 Å². The van der Waals surface area contributed by atoms with E-state index in [0.29, 0.717) is 41.8 Å². The first-order valence-electron chi connectivity index (χ1n) is 10.9. The highest BCUT2D eigenvalue weighted by molar-refractivity contribution is 5.84. The molecule has 0 bridgehead atoms. The summed E-state index contributed by atoms with van der Waals surface area (Å²) in [5, 5.41) is 15.0. The number of hydrogen-bond donors (Lipinski definition) is 2. The number of pyridine rings is 2. The van der Waals surface area contributed by atoms with Crippen molar-refractivity contribution < 1.29 is 19.0 Å². The number of hydrogen-bond acceptors (Lipinski definition) is 7. The lowest BCUT2D eigenvalue weighted by Crippen LogP contribution is -2.44. The van der Waals surface area contributed by atoms with Crippen LogP contribution in [0, 0.1) is 5.82 Å². The van der Waals surface area contributed by atoms with E-state index in [1.165, 1.54) is 13.2 Å². The number of nitrogens with one attached hydrogen (secondary N) is 1. The Balaban J connectivity index is 1.27. The van der Waals surface area contributed by atoms with Gasteiger partial charge in [0, 0.05) is 49.0 Å². The van der Waals surface area contributed by atoms with Crippen LogP contribution in [0.3, 0.4) is 0 Å². The summed E-state index contributed by atoms with van der Waals surface area (Å²) in [4.78, 5) is 10.5. The quantitative estimate of drug-likeness (QED) is 0.495. The molecule has 1 aliphatic rings. The van der Waals surface area contributed by atoms with Gasteiger partial charge < -0.3 is 24.8 Å². The van der Waals surface area contributed by atoms with Gasteiger partial charge in [-0.15, -0.1) is 0 Å². The minimum absolute atomic E-state index is 0.248. The number of likely N-dealkylation sites (tertiary alicyclic amines) is 1. The number of aliphatic hydroxyl groups excluding tert-OH is 1. The third-order valence-electron chi connectivity index (χ3n) is 5.84. The number of rotatable bonds is 9. The van der Waals surface area contributed by atoms with Crippen LogP contribution in [0.4, 0.5) is 4.39 Å². The first kappa shape index (κ1) is 22.4. The molecule has 7 nitrogen and oxygen atoms in total. The fraction of sp³-hybridized carbons (Fsp3) is 0.417. The minimum atomic E-state index is -0.733. The van der Waals surface area contributed by atoms with Crippen molar-refractivity contribution in [1.82, 2.24) is 20.2 Å². The predicted molar refractivity (Wildman–Crippen MR) is 120 cm³/mol. The number of fused-ring (bicyclic) bond motifs is 1. The highest BCUT2D eigenvalue weighted by atomic mass is 19.1. The smallest absolute Gasteiger partial charge is 0.213 e. The van der Waals surface area contributed by atoms with Gasteiger partial charge in [0.25, 0.3) is 0 Å². The second-order valence-corrected chi connectivity index (χ2v) is 7.97. The van der Waals surface area contributed by atoms with Crippen molar-refractivity contribution in [2.24, 2.45) is 0 Å². The van der Waals surface area contributed by atoms with Crippen molar-refractivity contribution in [3.63, 3.8) is 0 Å². The van der Waals surface area contributed by atoms with Gasteiger partial charge in [-0.3, -0.25) is 4.98 Å². The number of methoxy groups -OCH3 is 1. The second kappa shape index (κ2) is 10.7. The topological polar surface area (TPSA) is 79.7 Å². The second-order valence-electron chi connectivity index (χ2n) is 7.97. The number of nitrogens with zero attached hydrogens (tertiary/aromatic N) is 3. The molecule has 1 aromatic carbocycles. The van der Waals surface area contributed by atoms with Gasteiger partial charge >= 0.3 is 0 Å². The summed E-state index contributed by atoms with van der Waals surface area (Å²) in [6, 6.07) is 10.8. The fourth-order valence-electron chi connectivity index (χ4n) is 4.13. The Morgan fingerprint density at radius 3 is 2.78 bits per heavy atom. The number of aromatic nitrogens is 2. The number of ether oxygens (including phenoxy) is 2. The summed E-state index contributed by atoms with van der Waals surface area (Å²) in [5.41, 5.74) is 0.915. The van der Waals surface area contributed by atoms with E-state index in [4.69, 9.17) is 9.47 Å². The summed E-state index contributed by atoms with van der Waals surface area (Å²) in [5.74, 6) is 0.599. The zero-order valence-corrected chi connectivity index (χ0v) is 18.2. The molecule has 0 radical (unpaired) electrons. The molecule has 32 heavy (non-hydrogen) atoms. The van der Waals surface area contributed by atoms with Gasteiger partial charge in [0.2, 0.25) is 5.88 Å². The van der Waals surface area contributed by atoms with Crippen LogP contribution in [0.25, 0.3) is 10.9 Å². The largest absolute Gasteiger partial charge is 0.497 e. The van der Waals surface area contributed by atoms with Crippen LogP contribution in [0.15, 0.2) is 48.8 Å². The summed E-state index contributed by atoms with van der Waals surface area (Å²) in [7, 11) is 1.50. The Morgan fingerprint density at radius 1 is 1.19 bits per heavy atom. The Morgan fingerprint density at radius 2 is 2.03 bits per heavy atom. The number of piperidine rings is 1. The zero-order valence-electron chi connectivity index (χ0n) is 18.2. The molecule has 3 heterocycles. The van der Waals surface area contributed by atoms with Crippen molar-refractivity contribution in [3.05, 3.63) is 60.2 Å². The molecule has 1 saturated heterocycles. The summed E-state index contributed by atoms with van der Waals surface area (Å²) >= 11 is 0.